The summed E-state index contributed by atoms with van der Waals surface area (Å²) >= 11 is 0. The van der Waals surface area contributed by atoms with E-state index in [9.17, 15) is 0 Å². The average Bonchev–Trinajstić information content (AvgIpc) is 2.23. The van der Waals surface area contributed by atoms with Gasteiger partial charge in [0, 0.05) is 6.04 Å². The van der Waals surface area contributed by atoms with Gasteiger partial charge in [0.2, 0.25) is 0 Å². The second-order valence-corrected chi connectivity index (χ2v) is 6.39. The molecule has 0 saturated heterocycles. The fourth-order valence-corrected chi connectivity index (χ4v) is 1.98. The number of hydrogen-bond acceptors (Lipinski definition) is 1. The Bertz CT molecular complexity index is 336. The molecule has 0 aliphatic carbocycles. The third kappa shape index (κ3) is 6.48. The molecule has 0 fully saturated rings. The Balaban J connectivity index is 2.31. The lowest BCUT2D eigenvalue weighted by Gasteiger charge is -2.20. The van der Waals surface area contributed by atoms with Crippen LogP contribution in [0.1, 0.15) is 51.2 Å². The summed E-state index contributed by atoms with van der Waals surface area (Å²) in [6, 6.07) is 9.07. The summed E-state index contributed by atoms with van der Waals surface area (Å²) in [4.78, 5) is 0. The Labute approximate surface area is 106 Å². The van der Waals surface area contributed by atoms with Crippen LogP contribution < -0.4 is 5.73 Å². The van der Waals surface area contributed by atoms with Crippen molar-refractivity contribution in [3.63, 3.8) is 0 Å². The number of nitrogens with two attached hydrogens (primary N) is 1. The molecule has 96 valence electrons. The van der Waals surface area contributed by atoms with E-state index in [0.717, 1.165) is 19.3 Å². The van der Waals surface area contributed by atoms with Gasteiger partial charge in [0.05, 0.1) is 0 Å². The Morgan fingerprint density at radius 2 is 1.88 bits per heavy atom. The third-order valence-corrected chi connectivity index (χ3v) is 3.15. The lowest BCUT2D eigenvalue weighted by Crippen LogP contribution is -2.23. The van der Waals surface area contributed by atoms with Crippen molar-refractivity contribution >= 4 is 0 Å². The van der Waals surface area contributed by atoms with Crippen LogP contribution in [0.25, 0.3) is 0 Å². The summed E-state index contributed by atoms with van der Waals surface area (Å²) in [5.74, 6) is 0. The highest BCUT2D eigenvalue weighted by atomic mass is 14.6. The molecule has 1 rings (SSSR count). The number of hydrogen-bond donors (Lipinski definition) is 1. The van der Waals surface area contributed by atoms with Gasteiger partial charge in [-0.1, -0.05) is 50.6 Å². The molecule has 0 spiro atoms. The molecule has 1 atom stereocenters. The lowest BCUT2D eigenvalue weighted by atomic mass is 9.88. The van der Waals surface area contributed by atoms with E-state index in [2.05, 4.69) is 52.0 Å². The molecule has 0 aliphatic heterocycles. The Morgan fingerprint density at radius 1 is 1.18 bits per heavy atom. The van der Waals surface area contributed by atoms with Crippen molar-refractivity contribution in [1.82, 2.24) is 0 Å². The lowest BCUT2D eigenvalue weighted by molar-refractivity contribution is 0.343. The monoisotopic (exact) mass is 233 g/mol. The van der Waals surface area contributed by atoms with Gasteiger partial charge in [-0.25, -0.2) is 0 Å². The van der Waals surface area contributed by atoms with Gasteiger partial charge in [0.1, 0.15) is 0 Å². The van der Waals surface area contributed by atoms with Crippen LogP contribution in [0.5, 0.6) is 0 Å². The van der Waals surface area contributed by atoms with Gasteiger partial charge in [-0.3, -0.25) is 0 Å². The quantitative estimate of drug-likeness (QED) is 0.814. The number of aryl methyl sites for hydroxylation is 2. The Morgan fingerprint density at radius 3 is 2.47 bits per heavy atom. The molecule has 2 N–H and O–H groups in total. The molecule has 0 bridgehead atoms. The van der Waals surface area contributed by atoms with Gasteiger partial charge in [-0.15, -0.1) is 0 Å². The molecular weight excluding hydrogens is 206 g/mol. The van der Waals surface area contributed by atoms with Gasteiger partial charge in [0.15, 0.2) is 0 Å². The van der Waals surface area contributed by atoms with Crippen LogP contribution in [0, 0.1) is 12.3 Å². The highest BCUT2D eigenvalue weighted by Crippen LogP contribution is 2.22. The Hall–Kier alpha value is -0.820. The van der Waals surface area contributed by atoms with Crippen molar-refractivity contribution in [1.29, 1.82) is 0 Å². The fourth-order valence-electron chi connectivity index (χ4n) is 1.98. The van der Waals surface area contributed by atoms with Crippen molar-refractivity contribution in [2.24, 2.45) is 11.1 Å². The zero-order valence-corrected chi connectivity index (χ0v) is 11.8. The zero-order valence-electron chi connectivity index (χ0n) is 11.8. The van der Waals surface area contributed by atoms with Crippen molar-refractivity contribution in [3.8, 4) is 0 Å². The zero-order chi connectivity index (χ0) is 12.9. The molecule has 0 saturated carbocycles. The molecule has 0 heterocycles. The summed E-state index contributed by atoms with van der Waals surface area (Å²) in [6.07, 6.45) is 4.55. The highest BCUT2D eigenvalue weighted by Gasteiger charge is 2.12. The predicted molar refractivity (Wildman–Crippen MR) is 76.2 cm³/mol. The first-order chi connectivity index (χ1) is 7.87. The number of benzene rings is 1. The van der Waals surface area contributed by atoms with Crippen molar-refractivity contribution < 1.29 is 0 Å². The van der Waals surface area contributed by atoms with Gasteiger partial charge >= 0.3 is 0 Å². The van der Waals surface area contributed by atoms with E-state index in [0.29, 0.717) is 11.5 Å². The number of rotatable bonds is 5. The first kappa shape index (κ1) is 14.2. The average molecular weight is 233 g/mol. The molecule has 0 aromatic heterocycles. The molecular formula is C16H27N. The second kappa shape index (κ2) is 6.20. The summed E-state index contributed by atoms with van der Waals surface area (Å²) in [6.45, 7) is 8.98. The maximum atomic E-state index is 6.17. The molecule has 17 heavy (non-hydrogen) atoms. The molecule has 0 aliphatic rings. The third-order valence-electron chi connectivity index (χ3n) is 3.15. The van der Waals surface area contributed by atoms with Gasteiger partial charge in [0.25, 0.3) is 0 Å². The van der Waals surface area contributed by atoms with Crippen LogP contribution in [0.2, 0.25) is 0 Å². The van der Waals surface area contributed by atoms with E-state index in [1.807, 2.05) is 0 Å². The highest BCUT2D eigenvalue weighted by molar-refractivity contribution is 5.22. The van der Waals surface area contributed by atoms with Crippen LogP contribution in [-0.2, 0) is 6.42 Å². The van der Waals surface area contributed by atoms with E-state index in [1.165, 1.54) is 17.5 Å². The van der Waals surface area contributed by atoms with E-state index in [-0.39, 0.29) is 0 Å². The first-order valence-corrected chi connectivity index (χ1v) is 6.68. The second-order valence-electron chi connectivity index (χ2n) is 6.39. The van der Waals surface area contributed by atoms with Crippen LogP contribution in [0.4, 0.5) is 0 Å². The molecule has 1 unspecified atom stereocenters. The van der Waals surface area contributed by atoms with Gasteiger partial charge < -0.3 is 5.73 Å². The van der Waals surface area contributed by atoms with Gasteiger partial charge in [-0.2, -0.15) is 0 Å². The van der Waals surface area contributed by atoms with Crippen molar-refractivity contribution in [2.45, 2.75) is 59.4 Å². The maximum Gasteiger partial charge on any atom is 0.00421 e. The standard InChI is InChI=1S/C16H27N/c1-13-6-5-7-14(12-13)8-9-15(17)10-11-16(2,3)4/h5-7,12,15H,8-11,17H2,1-4H3. The minimum Gasteiger partial charge on any atom is -0.328 e. The van der Waals surface area contributed by atoms with Crippen LogP contribution >= 0.6 is 0 Å². The molecule has 1 aromatic carbocycles. The summed E-state index contributed by atoms with van der Waals surface area (Å²) in [7, 11) is 0. The maximum absolute atomic E-state index is 6.17. The molecule has 0 amide bonds. The van der Waals surface area contributed by atoms with E-state index < -0.39 is 0 Å². The molecule has 1 nitrogen and oxygen atoms in total. The van der Waals surface area contributed by atoms with E-state index >= 15 is 0 Å². The van der Waals surface area contributed by atoms with Crippen LogP contribution in [0.3, 0.4) is 0 Å². The predicted octanol–water partition coefficient (Wildman–Crippen LogP) is 4.08. The van der Waals surface area contributed by atoms with Crippen molar-refractivity contribution in [3.05, 3.63) is 35.4 Å². The normalized spacial score (nSPS) is 13.7. The molecule has 1 aromatic rings. The molecule has 0 radical (unpaired) electrons. The fraction of sp³-hybridized carbons (Fsp3) is 0.625. The summed E-state index contributed by atoms with van der Waals surface area (Å²) in [5.41, 5.74) is 9.32. The SMILES string of the molecule is Cc1cccc(CCC(N)CCC(C)(C)C)c1. The topological polar surface area (TPSA) is 26.0 Å². The minimum absolute atomic E-state index is 0.342. The van der Waals surface area contributed by atoms with E-state index in [1.54, 1.807) is 0 Å². The summed E-state index contributed by atoms with van der Waals surface area (Å²) < 4.78 is 0. The van der Waals surface area contributed by atoms with Crippen LogP contribution in [0.15, 0.2) is 24.3 Å². The Kier molecular flexibility index (Phi) is 5.20. The van der Waals surface area contributed by atoms with Gasteiger partial charge in [-0.05, 0) is 43.6 Å². The van der Waals surface area contributed by atoms with E-state index in [4.69, 9.17) is 5.73 Å². The first-order valence-electron chi connectivity index (χ1n) is 6.68. The summed E-state index contributed by atoms with van der Waals surface area (Å²) in [5, 5.41) is 0. The van der Waals surface area contributed by atoms with Crippen LogP contribution in [-0.4, -0.2) is 6.04 Å². The molecule has 1 heteroatoms. The largest absolute Gasteiger partial charge is 0.328 e. The van der Waals surface area contributed by atoms with Crippen molar-refractivity contribution in [2.75, 3.05) is 0 Å². The smallest absolute Gasteiger partial charge is 0.00421 e. The minimum atomic E-state index is 0.342.